The quantitative estimate of drug-likeness (QED) is 0.220. The van der Waals surface area contributed by atoms with E-state index in [2.05, 4.69) is 43.0 Å². The summed E-state index contributed by atoms with van der Waals surface area (Å²) in [7, 11) is 0. The number of rotatable bonds is 11. The number of halogens is 3. The summed E-state index contributed by atoms with van der Waals surface area (Å²) < 4.78 is 52.2. The monoisotopic (exact) mass is 736 g/mol. The van der Waals surface area contributed by atoms with Gasteiger partial charge in [-0.05, 0) is 67.9 Å². The number of carbonyl (C=O) groups excluding carboxylic acids is 4. The number of piperidine rings is 2. The van der Waals surface area contributed by atoms with Crippen molar-refractivity contribution in [2.45, 2.75) is 76.0 Å². The van der Waals surface area contributed by atoms with Crippen molar-refractivity contribution in [1.29, 1.82) is 0 Å². The highest BCUT2D eigenvalue weighted by Gasteiger charge is 2.41. The number of amides is 4. The molecular formula is C36H39F3N8O6. The SMILES string of the molecule is O=C1CCC(N2Cc3c(NC(=O)COCCCCOc4ccc(C5CCN(C6=Nn7c(nnc7C(F)(F)F)CC6)CC5)cc4)cccc3C2=O)C(=O)N1. The molecule has 1 aromatic heterocycles. The number of hydrogen-bond acceptors (Lipinski definition) is 10. The van der Waals surface area contributed by atoms with Crippen molar-refractivity contribution in [3.8, 4) is 5.75 Å². The number of imide groups is 1. The van der Waals surface area contributed by atoms with Crippen LogP contribution >= 0.6 is 0 Å². The van der Waals surface area contributed by atoms with E-state index >= 15 is 0 Å². The van der Waals surface area contributed by atoms with Crippen molar-refractivity contribution in [3.05, 3.63) is 70.8 Å². The predicted molar refractivity (Wildman–Crippen MR) is 183 cm³/mol. The Morgan fingerprint density at radius 3 is 2.47 bits per heavy atom. The molecule has 0 saturated carbocycles. The molecule has 280 valence electrons. The van der Waals surface area contributed by atoms with Gasteiger partial charge in [0.1, 0.15) is 24.2 Å². The van der Waals surface area contributed by atoms with Crippen LogP contribution < -0.4 is 15.4 Å². The van der Waals surface area contributed by atoms with Gasteiger partial charge < -0.3 is 24.6 Å². The molecule has 4 aliphatic heterocycles. The van der Waals surface area contributed by atoms with E-state index in [0.29, 0.717) is 74.1 Å². The van der Waals surface area contributed by atoms with Gasteiger partial charge in [0.2, 0.25) is 17.7 Å². The molecule has 2 aromatic carbocycles. The first-order chi connectivity index (χ1) is 25.5. The zero-order valence-electron chi connectivity index (χ0n) is 28.9. The van der Waals surface area contributed by atoms with Crippen molar-refractivity contribution >= 4 is 35.2 Å². The van der Waals surface area contributed by atoms with Crippen molar-refractivity contribution in [2.75, 3.05) is 38.2 Å². The minimum Gasteiger partial charge on any atom is -0.494 e. The van der Waals surface area contributed by atoms with Gasteiger partial charge in [0, 0.05) is 62.3 Å². The summed E-state index contributed by atoms with van der Waals surface area (Å²) in [5, 5.41) is 16.3. The van der Waals surface area contributed by atoms with Crippen LogP contribution in [0.4, 0.5) is 18.9 Å². The number of benzene rings is 2. The van der Waals surface area contributed by atoms with Crippen molar-refractivity contribution in [2.24, 2.45) is 5.10 Å². The number of fused-ring (bicyclic) bond motifs is 2. The Morgan fingerprint density at radius 1 is 0.943 bits per heavy atom. The first-order valence-electron chi connectivity index (χ1n) is 17.8. The molecule has 7 rings (SSSR count). The van der Waals surface area contributed by atoms with Crippen molar-refractivity contribution in [1.82, 2.24) is 30.0 Å². The Labute approximate surface area is 302 Å². The van der Waals surface area contributed by atoms with Gasteiger partial charge in [-0.25, -0.2) is 0 Å². The van der Waals surface area contributed by atoms with Gasteiger partial charge in [0.15, 0.2) is 5.82 Å². The summed E-state index contributed by atoms with van der Waals surface area (Å²) in [4.78, 5) is 53.0. The van der Waals surface area contributed by atoms with Crippen molar-refractivity contribution < 1.29 is 41.8 Å². The molecule has 2 saturated heterocycles. The van der Waals surface area contributed by atoms with Crippen LogP contribution in [-0.4, -0.2) is 93.1 Å². The van der Waals surface area contributed by atoms with E-state index in [4.69, 9.17) is 9.47 Å². The lowest BCUT2D eigenvalue weighted by atomic mass is 9.89. The van der Waals surface area contributed by atoms with Crippen LogP contribution in [0, 0.1) is 0 Å². The zero-order valence-corrected chi connectivity index (χ0v) is 28.9. The Balaban J connectivity index is 0.789. The van der Waals surface area contributed by atoms with Gasteiger partial charge in [-0.3, -0.25) is 24.5 Å². The molecule has 1 unspecified atom stereocenters. The second kappa shape index (κ2) is 15.3. The number of nitrogens with zero attached hydrogens (tertiary/aromatic N) is 6. The van der Waals surface area contributed by atoms with E-state index < -0.39 is 23.9 Å². The minimum atomic E-state index is -4.61. The first-order valence-corrected chi connectivity index (χ1v) is 17.8. The maximum Gasteiger partial charge on any atom is 0.453 e. The number of amidine groups is 1. The topological polar surface area (TPSA) is 160 Å². The molecule has 0 bridgehead atoms. The summed E-state index contributed by atoms with van der Waals surface area (Å²) in [5.41, 5.74) is 2.71. The molecule has 2 fully saturated rings. The van der Waals surface area contributed by atoms with E-state index in [-0.39, 0.29) is 49.5 Å². The fourth-order valence-corrected chi connectivity index (χ4v) is 7.22. The largest absolute Gasteiger partial charge is 0.494 e. The van der Waals surface area contributed by atoms with Crippen LogP contribution in [0.25, 0.3) is 0 Å². The fourth-order valence-electron chi connectivity index (χ4n) is 7.22. The highest BCUT2D eigenvalue weighted by Crippen LogP contribution is 2.34. The average molecular weight is 737 g/mol. The fraction of sp³-hybridized carbons (Fsp3) is 0.472. The number of aryl methyl sites for hydroxylation is 1. The van der Waals surface area contributed by atoms with Crippen LogP contribution in [0.1, 0.15) is 84.0 Å². The standard InChI is InChI=1S/C36H39F3N8O6/c37-36(38,39)35-43-42-29-11-12-30(44-47(29)35)45-16-14-23(15-17-45)22-6-8-24(9-7-22)53-19-2-1-18-52-21-32(49)40-27-5-3-4-25-26(27)20-46(34(25)51)28-10-13-31(48)41-33(28)50/h3-9,23,28H,1-2,10-21H2,(H,40,49)(H,41,48,50). The molecule has 5 heterocycles. The number of carbonyl (C=O) groups is 4. The zero-order chi connectivity index (χ0) is 37.1. The van der Waals surface area contributed by atoms with Crippen LogP contribution in [0.15, 0.2) is 47.6 Å². The third-order valence-electron chi connectivity index (χ3n) is 10.00. The second-order valence-electron chi connectivity index (χ2n) is 13.5. The van der Waals surface area contributed by atoms with Gasteiger partial charge in [0.05, 0.1) is 6.61 Å². The maximum absolute atomic E-state index is 13.3. The van der Waals surface area contributed by atoms with Crippen LogP contribution in [-0.2, 0) is 38.3 Å². The lowest BCUT2D eigenvalue weighted by Gasteiger charge is -2.35. The molecule has 14 nitrogen and oxygen atoms in total. The highest BCUT2D eigenvalue weighted by atomic mass is 19.4. The third kappa shape index (κ3) is 8.04. The number of anilines is 1. The molecule has 3 aromatic rings. The van der Waals surface area contributed by atoms with E-state index in [1.165, 1.54) is 10.5 Å². The van der Waals surface area contributed by atoms with Gasteiger partial charge in [0.25, 0.3) is 11.7 Å². The molecule has 1 atom stereocenters. The summed E-state index contributed by atoms with van der Waals surface area (Å²) in [6, 6.07) is 12.3. The van der Waals surface area contributed by atoms with E-state index in [0.717, 1.165) is 29.7 Å². The predicted octanol–water partition coefficient (Wildman–Crippen LogP) is 3.86. The third-order valence-corrected chi connectivity index (χ3v) is 10.00. The van der Waals surface area contributed by atoms with Gasteiger partial charge >= 0.3 is 6.18 Å². The van der Waals surface area contributed by atoms with E-state index in [9.17, 15) is 32.3 Å². The Bertz CT molecular complexity index is 1910. The molecule has 0 spiro atoms. The molecule has 17 heteroatoms. The van der Waals surface area contributed by atoms with Crippen LogP contribution in [0.5, 0.6) is 5.75 Å². The minimum absolute atomic E-state index is 0.156. The smallest absolute Gasteiger partial charge is 0.453 e. The van der Waals surface area contributed by atoms with E-state index in [1.54, 1.807) is 18.2 Å². The summed E-state index contributed by atoms with van der Waals surface area (Å²) >= 11 is 0. The summed E-state index contributed by atoms with van der Waals surface area (Å²) in [5.74, 6) is -0.674. The average Bonchev–Trinajstić information content (AvgIpc) is 3.73. The molecule has 0 aliphatic carbocycles. The lowest BCUT2D eigenvalue weighted by Crippen LogP contribution is -2.52. The number of likely N-dealkylation sites (tertiary alicyclic amines) is 1. The first kappa shape index (κ1) is 36.1. The number of hydrogen-bond donors (Lipinski definition) is 2. The summed E-state index contributed by atoms with van der Waals surface area (Å²) in [6.07, 6.45) is -0.179. The Kier molecular flexibility index (Phi) is 10.4. The molecular weight excluding hydrogens is 697 g/mol. The number of ether oxygens (including phenoxy) is 2. The van der Waals surface area contributed by atoms with Crippen molar-refractivity contribution in [3.63, 3.8) is 0 Å². The Hall–Kier alpha value is -5.32. The molecule has 4 aliphatic rings. The molecule has 53 heavy (non-hydrogen) atoms. The normalized spacial score (nSPS) is 19.1. The van der Waals surface area contributed by atoms with Gasteiger partial charge in [-0.15, -0.1) is 10.2 Å². The molecule has 0 radical (unpaired) electrons. The molecule has 2 N–H and O–H groups in total. The van der Waals surface area contributed by atoms with Gasteiger partial charge in [-0.1, -0.05) is 18.2 Å². The van der Waals surface area contributed by atoms with E-state index in [1.807, 2.05) is 12.1 Å². The second-order valence-corrected chi connectivity index (χ2v) is 13.5. The Morgan fingerprint density at radius 2 is 1.72 bits per heavy atom. The van der Waals surface area contributed by atoms with Crippen LogP contribution in [0.3, 0.4) is 0 Å². The molecule has 4 amide bonds. The number of unbranched alkanes of at least 4 members (excludes halogenated alkanes) is 1. The maximum atomic E-state index is 13.3. The lowest BCUT2D eigenvalue weighted by molar-refractivity contribution is -0.147. The number of aromatic nitrogens is 3. The highest BCUT2D eigenvalue weighted by molar-refractivity contribution is 6.06. The summed E-state index contributed by atoms with van der Waals surface area (Å²) in [6.45, 7) is 2.23. The number of alkyl halides is 3. The van der Waals surface area contributed by atoms with Gasteiger partial charge in [-0.2, -0.15) is 22.9 Å². The number of nitrogens with one attached hydrogen (secondary N) is 2. The van der Waals surface area contributed by atoms with Crippen LogP contribution in [0.2, 0.25) is 0 Å².